The van der Waals surface area contributed by atoms with Crippen LogP contribution in [0.15, 0.2) is 72.8 Å². The van der Waals surface area contributed by atoms with Crippen molar-refractivity contribution in [3.63, 3.8) is 0 Å². The van der Waals surface area contributed by atoms with Gasteiger partial charge in [0.15, 0.2) is 0 Å². The Morgan fingerprint density at radius 1 is 0.933 bits per heavy atom. The quantitative estimate of drug-likeness (QED) is 0.411. The van der Waals surface area contributed by atoms with Gasteiger partial charge < -0.3 is 20.3 Å². The maximum absolute atomic E-state index is 10.4. The highest BCUT2D eigenvalue weighted by molar-refractivity contribution is 5.64. The molecule has 0 spiro atoms. The first-order valence-electron chi connectivity index (χ1n) is 10.6. The third-order valence-electron chi connectivity index (χ3n) is 5.20. The molecule has 0 bridgehead atoms. The summed E-state index contributed by atoms with van der Waals surface area (Å²) in [7, 11) is 0. The van der Waals surface area contributed by atoms with E-state index in [1.54, 1.807) is 24.3 Å². The van der Waals surface area contributed by atoms with Crippen LogP contribution < -0.4 is 10.1 Å². The fourth-order valence-electron chi connectivity index (χ4n) is 3.47. The number of phenolic OH excluding ortho intramolecular Hbond substituents is 1. The lowest BCUT2D eigenvalue weighted by molar-refractivity contribution is 0.133. The van der Waals surface area contributed by atoms with Gasteiger partial charge in [0, 0.05) is 12.6 Å². The van der Waals surface area contributed by atoms with Crippen LogP contribution in [0.2, 0.25) is 0 Å². The number of hydrogen-bond donors (Lipinski definition) is 3. The smallest absolute Gasteiger partial charge is 0.119 e. The Bertz CT molecular complexity index is 906. The zero-order valence-corrected chi connectivity index (χ0v) is 17.7. The fourth-order valence-corrected chi connectivity index (χ4v) is 3.47. The highest BCUT2D eigenvalue weighted by Crippen LogP contribution is 2.24. The van der Waals surface area contributed by atoms with Gasteiger partial charge in [-0.05, 0) is 59.9 Å². The lowest BCUT2D eigenvalue weighted by atomic mass is 10.0. The van der Waals surface area contributed by atoms with E-state index in [9.17, 15) is 10.2 Å². The standard InChI is InChI=1S/C26H31NO3/c1-3-5-20-6-4-7-23(18-20)21-10-14-25(15-11-21)30-17-16-27-19(2)26(29)22-8-12-24(28)13-9-22/h4,6-15,18-19,26-29H,3,5,16-17H2,1-2H3/t19-,26-/m1/s1. The topological polar surface area (TPSA) is 61.7 Å². The normalized spacial score (nSPS) is 13.0. The zero-order chi connectivity index (χ0) is 21.3. The van der Waals surface area contributed by atoms with Crippen LogP contribution in [0.25, 0.3) is 11.1 Å². The van der Waals surface area contributed by atoms with Crippen LogP contribution >= 0.6 is 0 Å². The number of aryl methyl sites for hydroxylation is 1. The lowest BCUT2D eigenvalue weighted by Gasteiger charge is -2.21. The van der Waals surface area contributed by atoms with Crippen molar-refractivity contribution in [3.05, 3.63) is 83.9 Å². The molecule has 4 nitrogen and oxygen atoms in total. The third-order valence-corrected chi connectivity index (χ3v) is 5.20. The van der Waals surface area contributed by atoms with E-state index >= 15 is 0 Å². The van der Waals surface area contributed by atoms with Crippen LogP contribution in [0.1, 0.15) is 37.5 Å². The number of benzene rings is 3. The van der Waals surface area contributed by atoms with E-state index in [1.807, 2.05) is 19.1 Å². The summed E-state index contributed by atoms with van der Waals surface area (Å²) in [4.78, 5) is 0. The van der Waals surface area contributed by atoms with Crippen LogP contribution in [0.3, 0.4) is 0 Å². The van der Waals surface area contributed by atoms with E-state index in [0.29, 0.717) is 13.2 Å². The first-order chi connectivity index (χ1) is 14.6. The molecule has 4 heteroatoms. The van der Waals surface area contributed by atoms with Crippen LogP contribution in [-0.4, -0.2) is 29.4 Å². The molecule has 2 atom stereocenters. The molecule has 0 aromatic heterocycles. The van der Waals surface area contributed by atoms with Crippen LogP contribution in [0.4, 0.5) is 0 Å². The van der Waals surface area contributed by atoms with Gasteiger partial charge in [-0.2, -0.15) is 0 Å². The monoisotopic (exact) mass is 405 g/mol. The summed E-state index contributed by atoms with van der Waals surface area (Å²) in [5, 5.41) is 23.0. The Hall–Kier alpha value is -2.82. The molecule has 0 radical (unpaired) electrons. The van der Waals surface area contributed by atoms with E-state index in [4.69, 9.17) is 4.74 Å². The summed E-state index contributed by atoms with van der Waals surface area (Å²) < 4.78 is 5.83. The number of rotatable bonds is 10. The Morgan fingerprint density at radius 2 is 1.67 bits per heavy atom. The van der Waals surface area contributed by atoms with Crippen molar-refractivity contribution in [3.8, 4) is 22.6 Å². The Labute approximate surface area is 179 Å². The van der Waals surface area contributed by atoms with Gasteiger partial charge in [0.1, 0.15) is 18.1 Å². The molecule has 0 saturated heterocycles. The molecule has 3 aromatic rings. The number of aliphatic hydroxyl groups is 1. The first-order valence-corrected chi connectivity index (χ1v) is 10.6. The average molecular weight is 406 g/mol. The van der Waals surface area contributed by atoms with Gasteiger partial charge in [-0.25, -0.2) is 0 Å². The molecule has 0 heterocycles. The molecular weight excluding hydrogens is 374 g/mol. The van der Waals surface area contributed by atoms with E-state index in [0.717, 1.165) is 24.2 Å². The van der Waals surface area contributed by atoms with E-state index in [-0.39, 0.29) is 11.8 Å². The van der Waals surface area contributed by atoms with Crippen LogP contribution in [0.5, 0.6) is 11.5 Å². The number of aromatic hydroxyl groups is 1. The minimum atomic E-state index is -0.645. The predicted molar refractivity (Wildman–Crippen MR) is 122 cm³/mol. The maximum Gasteiger partial charge on any atom is 0.119 e. The van der Waals surface area contributed by atoms with Crippen LogP contribution in [-0.2, 0) is 6.42 Å². The lowest BCUT2D eigenvalue weighted by Crippen LogP contribution is -2.35. The molecule has 3 N–H and O–H groups in total. The van der Waals surface area contributed by atoms with Crippen molar-refractivity contribution < 1.29 is 14.9 Å². The highest BCUT2D eigenvalue weighted by atomic mass is 16.5. The van der Waals surface area contributed by atoms with Crippen molar-refractivity contribution in [2.75, 3.05) is 13.2 Å². The first kappa shape index (κ1) is 21.9. The largest absolute Gasteiger partial charge is 0.508 e. The molecule has 3 aromatic carbocycles. The minimum absolute atomic E-state index is 0.129. The van der Waals surface area contributed by atoms with E-state index in [1.165, 1.54) is 16.7 Å². The van der Waals surface area contributed by atoms with Gasteiger partial charge in [0.2, 0.25) is 0 Å². The summed E-state index contributed by atoms with van der Waals surface area (Å²) >= 11 is 0. The SMILES string of the molecule is CCCc1cccc(-c2ccc(OCCN[C@H](C)[C@@H](O)c3ccc(O)cc3)cc2)c1. The number of nitrogens with one attached hydrogen (secondary N) is 1. The number of aliphatic hydroxyl groups excluding tert-OH is 1. The Kier molecular flexibility index (Phi) is 7.89. The van der Waals surface area contributed by atoms with Gasteiger partial charge in [0.25, 0.3) is 0 Å². The van der Waals surface area contributed by atoms with Crippen LogP contribution in [0, 0.1) is 0 Å². The van der Waals surface area contributed by atoms with Crippen molar-refractivity contribution in [1.29, 1.82) is 0 Å². The van der Waals surface area contributed by atoms with Crippen molar-refractivity contribution in [1.82, 2.24) is 5.32 Å². The molecular formula is C26H31NO3. The Morgan fingerprint density at radius 3 is 2.37 bits per heavy atom. The summed E-state index contributed by atoms with van der Waals surface area (Å²) in [5.41, 5.74) is 4.55. The predicted octanol–water partition coefficient (Wildman–Crippen LogP) is 5.10. The summed E-state index contributed by atoms with van der Waals surface area (Å²) in [6.45, 7) is 5.26. The maximum atomic E-state index is 10.4. The van der Waals surface area contributed by atoms with Gasteiger partial charge >= 0.3 is 0 Å². The molecule has 0 saturated carbocycles. The van der Waals surface area contributed by atoms with E-state index < -0.39 is 6.10 Å². The zero-order valence-electron chi connectivity index (χ0n) is 17.7. The average Bonchev–Trinajstić information content (AvgIpc) is 2.77. The van der Waals surface area contributed by atoms with Crippen molar-refractivity contribution in [2.45, 2.75) is 38.8 Å². The summed E-state index contributed by atoms with van der Waals surface area (Å²) in [6.07, 6.45) is 1.60. The number of ether oxygens (including phenoxy) is 1. The molecule has 0 fully saturated rings. The van der Waals surface area contributed by atoms with Gasteiger partial charge in [-0.3, -0.25) is 0 Å². The molecule has 0 aliphatic heterocycles. The second-order valence-electron chi connectivity index (χ2n) is 7.60. The minimum Gasteiger partial charge on any atom is -0.508 e. The summed E-state index contributed by atoms with van der Waals surface area (Å²) in [6, 6.07) is 23.4. The van der Waals surface area contributed by atoms with Gasteiger partial charge in [-0.15, -0.1) is 0 Å². The molecule has 0 amide bonds. The second-order valence-corrected chi connectivity index (χ2v) is 7.60. The van der Waals surface area contributed by atoms with Crippen molar-refractivity contribution >= 4 is 0 Å². The van der Waals surface area contributed by atoms with Gasteiger partial charge in [-0.1, -0.05) is 61.9 Å². The number of hydrogen-bond acceptors (Lipinski definition) is 4. The van der Waals surface area contributed by atoms with E-state index in [2.05, 4.69) is 48.6 Å². The summed E-state index contributed by atoms with van der Waals surface area (Å²) in [5.74, 6) is 1.02. The van der Waals surface area contributed by atoms with Gasteiger partial charge in [0.05, 0.1) is 6.10 Å². The highest BCUT2D eigenvalue weighted by Gasteiger charge is 2.15. The third kappa shape index (κ3) is 6.09. The molecule has 0 aliphatic rings. The molecule has 0 unspecified atom stereocenters. The molecule has 0 aliphatic carbocycles. The molecule has 3 rings (SSSR count). The number of phenols is 1. The molecule has 30 heavy (non-hydrogen) atoms. The fraction of sp³-hybridized carbons (Fsp3) is 0.308. The molecule has 158 valence electrons. The Balaban J connectivity index is 1.46. The van der Waals surface area contributed by atoms with Crippen molar-refractivity contribution in [2.24, 2.45) is 0 Å². The second kappa shape index (κ2) is 10.8.